The minimum absolute atomic E-state index is 0.662. The highest BCUT2D eigenvalue weighted by atomic mass is 16.8. The van der Waals surface area contributed by atoms with Crippen LogP contribution >= 0.6 is 0 Å². The molecule has 0 radical (unpaired) electrons. The smallest absolute Gasteiger partial charge is 0.404 e. The zero-order valence-electron chi connectivity index (χ0n) is 8.20. The van der Waals surface area contributed by atoms with Crippen molar-refractivity contribution in [1.29, 1.82) is 0 Å². The van der Waals surface area contributed by atoms with E-state index in [1.165, 1.54) is 35.5 Å². The molecule has 0 aliphatic carbocycles. The Bertz CT molecular complexity index is 106. The molecule has 7 heteroatoms. The summed E-state index contributed by atoms with van der Waals surface area (Å²) in [7, 11) is 6.72. The lowest BCUT2D eigenvalue weighted by Crippen LogP contribution is -2.59. The van der Waals surface area contributed by atoms with Gasteiger partial charge in [0, 0.05) is 14.2 Å². The Morgan fingerprint density at radius 2 is 1.08 bits per heavy atom. The number of hydrogen-bond donors (Lipinski definition) is 0. The first-order valence-electron chi connectivity index (χ1n) is 3.55. The van der Waals surface area contributed by atoms with E-state index in [0.29, 0.717) is 0 Å². The molecule has 5 nitrogen and oxygen atoms in total. The molecule has 12 heavy (non-hydrogen) atoms. The first-order valence-corrected chi connectivity index (χ1v) is 3.55. The molecule has 0 saturated carbocycles. The highest BCUT2D eigenvalue weighted by Crippen LogP contribution is 2.11. The Morgan fingerprint density at radius 1 is 0.750 bits per heavy atom. The zero-order valence-corrected chi connectivity index (χ0v) is 8.20. The van der Waals surface area contributed by atoms with Gasteiger partial charge in [-0.05, 0) is 21.3 Å². The van der Waals surface area contributed by atoms with Gasteiger partial charge in [0.25, 0.3) is 0 Å². The second-order valence-electron chi connectivity index (χ2n) is 2.24. The third kappa shape index (κ3) is 2.21. The number of rotatable bonds is 6. The SMILES string of the molecule is COB(OC)[B-](OC)(OC)OC. The Morgan fingerprint density at radius 3 is 1.17 bits per heavy atom. The minimum atomic E-state index is -1.97. The molecule has 0 aromatic carbocycles. The number of hydrogen-bond acceptors (Lipinski definition) is 5. The van der Waals surface area contributed by atoms with Gasteiger partial charge in [-0.25, -0.2) is 0 Å². The van der Waals surface area contributed by atoms with Crippen molar-refractivity contribution in [2.75, 3.05) is 35.5 Å². The van der Waals surface area contributed by atoms with E-state index in [0.717, 1.165) is 0 Å². The van der Waals surface area contributed by atoms with Crippen molar-refractivity contribution in [1.82, 2.24) is 0 Å². The summed E-state index contributed by atoms with van der Waals surface area (Å²) in [4.78, 5) is 0. The molecule has 0 amide bonds. The second kappa shape index (κ2) is 5.55. The average Bonchev–Trinajstić information content (AvgIpc) is 2.14. The third-order valence-electron chi connectivity index (χ3n) is 1.78. The molecule has 0 unspecified atom stereocenters. The fraction of sp³-hybridized carbons (Fsp3) is 1.00. The summed E-state index contributed by atoms with van der Waals surface area (Å²) in [6.45, 7) is -1.97. The van der Waals surface area contributed by atoms with Gasteiger partial charge < -0.3 is 23.3 Å². The van der Waals surface area contributed by atoms with Crippen LogP contribution in [0.4, 0.5) is 0 Å². The molecule has 0 aliphatic rings. The predicted molar refractivity (Wildman–Crippen MR) is 46.6 cm³/mol. The standard InChI is InChI=1S/C5H15B2O5/c1-8-6(9-2)7(10-3,11-4)12-5/h1-5H3/q-1. The Balaban J connectivity index is 4.42. The van der Waals surface area contributed by atoms with E-state index >= 15 is 0 Å². The summed E-state index contributed by atoms with van der Waals surface area (Å²) in [6, 6.07) is 0. The van der Waals surface area contributed by atoms with Crippen molar-refractivity contribution in [3.63, 3.8) is 0 Å². The van der Waals surface area contributed by atoms with Crippen molar-refractivity contribution in [2.45, 2.75) is 0 Å². The van der Waals surface area contributed by atoms with Gasteiger partial charge in [-0.15, -0.1) is 0 Å². The van der Waals surface area contributed by atoms with Crippen LogP contribution in [0.5, 0.6) is 0 Å². The van der Waals surface area contributed by atoms with E-state index in [1.54, 1.807) is 0 Å². The molecule has 72 valence electrons. The van der Waals surface area contributed by atoms with Crippen LogP contribution in [0.1, 0.15) is 0 Å². The van der Waals surface area contributed by atoms with Gasteiger partial charge in [-0.1, -0.05) is 0 Å². The topological polar surface area (TPSA) is 46.2 Å². The second-order valence-corrected chi connectivity index (χ2v) is 2.24. The van der Waals surface area contributed by atoms with Crippen molar-refractivity contribution in [3.05, 3.63) is 0 Å². The van der Waals surface area contributed by atoms with E-state index in [1.807, 2.05) is 0 Å². The maximum absolute atomic E-state index is 5.05. The van der Waals surface area contributed by atoms with Crippen LogP contribution in [-0.2, 0) is 23.3 Å². The molecule has 0 bridgehead atoms. The van der Waals surface area contributed by atoms with Gasteiger partial charge in [0.05, 0.1) is 0 Å². The lowest BCUT2D eigenvalue weighted by Gasteiger charge is -2.39. The molecule has 0 heterocycles. The van der Waals surface area contributed by atoms with E-state index in [2.05, 4.69) is 0 Å². The quantitative estimate of drug-likeness (QED) is 0.522. The van der Waals surface area contributed by atoms with E-state index in [-0.39, 0.29) is 0 Å². The monoisotopic (exact) mass is 177 g/mol. The van der Waals surface area contributed by atoms with Crippen LogP contribution in [0.15, 0.2) is 0 Å². The summed E-state index contributed by atoms with van der Waals surface area (Å²) in [5.74, 6) is 0. The predicted octanol–water partition coefficient (Wildman–Crippen LogP) is -0.276. The molecule has 0 fully saturated rings. The highest BCUT2D eigenvalue weighted by Gasteiger charge is 2.41. The average molecular weight is 177 g/mol. The molecule has 0 atom stereocenters. The van der Waals surface area contributed by atoms with Crippen molar-refractivity contribution in [2.24, 2.45) is 0 Å². The van der Waals surface area contributed by atoms with Crippen LogP contribution in [-0.4, -0.2) is 49.2 Å². The molecule has 0 aliphatic heterocycles. The molecule has 0 rings (SSSR count). The molecular formula is C5H15B2O5-. The highest BCUT2D eigenvalue weighted by molar-refractivity contribution is 7.18. The molecule has 0 aromatic heterocycles. The normalized spacial score (nSPS) is 11.8. The largest absolute Gasteiger partial charge is 0.550 e. The van der Waals surface area contributed by atoms with Crippen LogP contribution < -0.4 is 0 Å². The fourth-order valence-electron chi connectivity index (χ4n) is 1.05. The first-order chi connectivity index (χ1) is 5.70. The summed E-state index contributed by atoms with van der Waals surface area (Å²) in [5.41, 5.74) is 0. The summed E-state index contributed by atoms with van der Waals surface area (Å²) >= 11 is 0. The molecule has 0 aromatic rings. The van der Waals surface area contributed by atoms with Crippen molar-refractivity contribution >= 4 is 13.7 Å². The Labute approximate surface area is 73.4 Å². The molecular weight excluding hydrogens is 162 g/mol. The zero-order chi connectivity index (χ0) is 9.61. The van der Waals surface area contributed by atoms with E-state index in [4.69, 9.17) is 23.3 Å². The van der Waals surface area contributed by atoms with E-state index in [9.17, 15) is 0 Å². The van der Waals surface area contributed by atoms with Gasteiger partial charge in [0.1, 0.15) is 0 Å². The van der Waals surface area contributed by atoms with Gasteiger partial charge in [0.15, 0.2) is 0 Å². The summed E-state index contributed by atoms with van der Waals surface area (Å²) < 4.78 is 25.1. The fourth-order valence-corrected chi connectivity index (χ4v) is 1.05. The van der Waals surface area contributed by atoms with Crippen LogP contribution in [0.3, 0.4) is 0 Å². The van der Waals surface area contributed by atoms with Crippen molar-refractivity contribution in [3.8, 4) is 0 Å². The lowest BCUT2D eigenvalue weighted by molar-refractivity contribution is 0.125. The Kier molecular flexibility index (Phi) is 5.52. The van der Waals surface area contributed by atoms with Crippen LogP contribution in [0, 0.1) is 0 Å². The third-order valence-corrected chi connectivity index (χ3v) is 1.78. The van der Waals surface area contributed by atoms with Crippen LogP contribution in [0.25, 0.3) is 0 Å². The van der Waals surface area contributed by atoms with Crippen molar-refractivity contribution < 1.29 is 23.3 Å². The van der Waals surface area contributed by atoms with E-state index < -0.39 is 13.7 Å². The van der Waals surface area contributed by atoms with Gasteiger partial charge in [-0.2, -0.15) is 0 Å². The van der Waals surface area contributed by atoms with Gasteiger partial charge in [0.2, 0.25) is 0 Å². The molecule has 0 saturated heterocycles. The van der Waals surface area contributed by atoms with Gasteiger partial charge >= 0.3 is 13.7 Å². The minimum Gasteiger partial charge on any atom is -0.550 e. The molecule has 0 N–H and O–H groups in total. The lowest BCUT2D eigenvalue weighted by atomic mass is 9.41. The first kappa shape index (κ1) is 11.9. The Hall–Kier alpha value is -0.0701. The maximum Gasteiger partial charge on any atom is 0.404 e. The summed E-state index contributed by atoms with van der Waals surface area (Å²) in [6.07, 6.45) is 0. The van der Waals surface area contributed by atoms with Gasteiger partial charge in [-0.3, -0.25) is 0 Å². The summed E-state index contributed by atoms with van der Waals surface area (Å²) in [5, 5.41) is 0. The maximum atomic E-state index is 5.05. The van der Waals surface area contributed by atoms with Crippen LogP contribution in [0.2, 0.25) is 0 Å². The molecule has 0 spiro atoms.